The van der Waals surface area contributed by atoms with Crippen LogP contribution in [-0.4, -0.2) is 24.0 Å². The van der Waals surface area contributed by atoms with E-state index in [9.17, 15) is 0 Å². The largest absolute Gasteiger partial charge is 0.483 e. The Morgan fingerprint density at radius 2 is 2.12 bits per heavy atom. The van der Waals surface area contributed by atoms with Crippen molar-refractivity contribution in [1.82, 2.24) is 0 Å². The van der Waals surface area contributed by atoms with E-state index in [0.29, 0.717) is 0 Å². The monoisotopic (exact) mass is 253 g/mol. The minimum atomic E-state index is 0.153. The van der Waals surface area contributed by atoms with E-state index in [0.717, 1.165) is 11.7 Å². The molecule has 0 amide bonds. The van der Waals surface area contributed by atoms with Gasteiger partial charge in [-0.2, -0.15) is 0 Å². The van der Waals surface area contributed by atoms with Crippen LogP contribution in [0.15, 0.2) is 28.9 Å². The van der Waals surface area contributed by atoms with Gasteiger partial charge in [-0.15, -0.1) is 11.8 Å². The van der Waals surface area contributed by atoms with E-state index in [2.05, 4.69) is 44.8 Å². The van der Waals surface area contributed by atoms with Gasteiger partial charge in [0.2, 0.25) is 5.90 Å². The molecule has 2 nitrogen and oxygen atoms in total. The minimum Gasteiger partial charge on any atom is -0.483 e. The Balaban J connectivity index is 2.94. The Morgan fingerprint density at radius 3 is 2.65 bits per heavy atom. The Kier molecular flexibility index (Phi) is 5.31. The van der Waals surface area contributed by atoms with Crippen LogP contribution < -0.4 is 0 Å². The maximum absolute atomic E-state index is 5.38. The molecule has 0 bridgehead atoms. The number of nitrogens with zero attached hydrogens (tertiary/aromatic N) is 1. The highest BCUT2D eigenvalue weighted by molar-refractivity contribution is 8.00. The first-order valence-electron chi connectivity index (χ1n) is 6.11. The first-order chi connectivity index (χ1) is 7.99. The van der Waals surface area contributed by atoms with Gasteiger partial charge in [-0.05, 0) is 29.2 Å². The van der Waals surface area contributed by atoms with Crippen LogP contribution in [0.1, 0.15) is 34.1 Å². The molecule has 96 valence electrons. The predicted octanol–water partition coefficient (Wildman–Crippen LogP) is 4.04. The summed E-state index contributed by atoms with van der Waals surface area (Å²) >= 11 is 1.89. The van der Waals surface area contributed by atoms with E-state index in [4.69, 9.17) is 4.74 Å². The van der Waals surface area contributed by atoms with Crippen LogP contribution in [0.4, 0.5) is 0 Å². The van der Waals surface area contributed by atoms with Gasteiger partial charge >= 0.3 is 0 Å². The quantitative estimate of drug-likeness (QED) is 0.757. The van der Waals surface area contributed by atoms with E-state index >= 15 is 0 Å². The molecule has 0 aromatic heterocycles. The van der Waals surface area contributed by atoms with Gasteiger partial charge in [-0.25, -0.2) is 4.99 Å². The van der Waals surface area contributed by atoms with Crippen LogP contribution >= 0.6 is 11.8 Å². The van der Waals surface area contributed by atoms with Crippen molar-refractivity contribution in [3.8, 4) is 0 Å². The second-order valence-corrected chi connectivity index (χ2v) is 6.40. The Hall–Kier alpha value is -0.700. The van der Waals surface area contributed by atoms with Gasteiger partial charge in [0.25, 0.3) is 0 Å². The number of allylic oxidation sites excluding steroid dienone is 2. The Labute approximate surface area is 109 Å². The summed E-state index contributed by atoms with van der Waals surface area (Å²) in [5.41, 5.74) is 1.47. The summed E-state index contributed by atoms with van der Waals surface area (Å²) in [6.45, 7) is 8.87. The van der Waals surface area contributed by atoms with Gasteiger partial charge in [0, 0.05) is 6.20 Å². The number of hydrogen-bond donors (Lipinski definition) is 0. The molecule has 0 fully saturated rings. The number of hydrogen-bond acceptors (Lipinski definition) is 3. The molecule has 3 heteroatoms. The van der Waals surface area contributed by atoms with Crippen molar-refractivity contribution in [1.29, 1.82) is 0 Å². The van der Waals surface area contributed by atoms with Crippen molar-refractivity contribution in [2.24, 2.45) is 10.4 Å². The summed E-state index contributed by atoms with van der Waals surface area (Å²) < 4.78 is 5.38. The minimum absolute atomic E-state index is 0.153. The third-order valence-corrected chi connectivity index (χ3v) is 3.95. The molecule has 0 saturated carbocycles. The lowest BCUT2D eigenvalue weighted by Gasteiger charge is -2.22. The second-order valence-electron chi connectivity index (χ2n) is 5.15. The Bertz CT molecular complexity index is 337. The Morgan fingerprint density at radius 1 is 1.41 bits per heavy atom. The van der Waals surface area contributed by atoms with Crippen molar-refractivity contribution in [2.45, 2.75) is 39.4 Å². The average molecular weight is 253 g/mol. The molecule has 0 aromatic rings. The van der Waals surface area contributed by atoms with Crippen LogP contribution in [0.2, 0.25) is 0 Å². The lowest BCUT2D eigenvalue weighted by molar-refractivity contribution is 0.396. The zero-order valence-electron chi connectivity index (χ0n) is 11.5. The molecule has 0 aliphatic carbocycles. The summed E-state index contributed by atoms with van der Waals surface area (Å²) in [5.74, 6) is 1.93. The maximum Gasteiger partial charge on any atom is 0.205 e. The van der Waals surface area contributed by atoms with Crippen molar-refractivity contribution >= 4 is 17.7 Å². The van der Waals surface area contributed by atoms with Crippen molar-refractivity contribution in [3.05, 3.63) is 23.9 Å². The number of rotatable bonds is 3. The van der Waals surface area contributed by atoms with E-state index in [1.54, 1.807) is 7.11 Å². The molecule has 1 unspecified atom stereocenters. The molecule has 1 heterocycles. The summed E-state index contributed by atoms with van der Waals surface area (Å²) in [7, 11) is 1.70. The first kappa shape index (κ1) is 14.4. The number of methoxy groups -OCH3 is 1. The topological polar surface area (TPSA) is 21.6 Å². The fourth-order valence-electron chi connectivity index (χ4n) is 1.59. The van der Waals surface area contributed by atoms with Crippen LogP contribution in [0.5, 0.6) is 0 Å². The molecule has 1 aliphatic rings. The highest BCUT2D eigenvalue weighted by Crippen LogP contribution is 2.30. The maximum atomic E-state index is 5.38. The van der Waals surface area contributed by atoms with Crippen LogP contribution in [0.3, 0.4) is 0 Å². The lowest BCUT2D eigenvalue weighted by Crippen LogP contribution is -2.19. The standard InChI is InChI=1S/C14H23NOS/c1-6-9-17-12-10-11(14(2,3)4)7-8-15-13(12)16-5/h7-8,10,12H,6,9H2,1-5H3. The van der Waals surface area contributed by atoms with Crippen LogP contribution in [0, 0.1) is 5.41 Å². The molecule has 0 spiro atoms. The van der Waals surface area contributed by atoms with Crippen molar-refractivity contribution in [2.75, 3.05) is 12.9 Å². The smallest absolute Gasteiger partial charge is 0.205 e. The average Bonchev–Trinajstić information content (AvgIpc) is 2.47. The van der Waals surface area contributed by atoms with Gasteiger partial charge in [0.05, 0.1) is 12.4 Å². The second kappa shape index (κ2) is 6.29. The molecule has 1 atom stereocenters. The van der Waals surface area contributed by atoms with E-state index < -0.39 is 0 Å². The van der Waals surface area contributed by atoms with Crippen molar-refractivity contribution < 1.29 is 4.74 Å². The molecule has 1 rings (SSSR count). The third kappa shape index (κ3) is 4.23. The van der Waals surface area contributed by atoms with Crippen LogP contribution in [-0.2, 0) is 4.74 Å². The summed E-state index contributed by atoms with van der Waals surface area (Å²) in [6.07, 6.45) is 7.39. The van der Waals surface area contributed by atoms with Gasteiger partial charge in [0.15, 0.2) is 0 Å². The molecular weight excluding hydrogens is 230 g/mol. The van der Waals surface area contributed by atoms with Gasteiger partial charge in [-0.3, -0.25) is 0 Å². The highest BCUT2D eigenvalue weighted by atomic mass is 32.2. The highest BCUT2D eigenvalue weighted by Gasteiger charge is 2.22. The molecular formula is C14H23NOS. The van der Waals surface area contributed by atoms with E-state index in [1.165, 1.54) is 12.0 Å². The number of aliphatic imine (C=N–C) groups is 1. The summed E-state index contributed by atoms with van der Waals surface area (Å²) in [5, 5.41) is 0.240. The van der Waals surface area contributed by atoms with Gasteiger partial charge in [-0.1, -0.05) is 33.8 Å². The molecule has 0 N–H and O–H groups in total. The predicted molar refractivity (Wildman–Crippen MR) is 77.7 cm³/mol. The third-order valence-electron chi connectivity index (χ3n) is 2.61. The van der Waals surface area contributed by atoms with Gasteiger partial charge in [0.1, 0.15) is 0 Å². The lowest BCUT2D eigenvalue weighted by atomic mass is 9.86. The fraction of sp³-hybridized carbons (Fsp3) is 0.643. The zero-order chi connectivity index (χ0) is 12.9. The molecule has 0 radical (unpaired) electrons. The zero-order valence-corrected chi connectivity index (χ0v) is 12.3. The number of thioether (sulfide) groups is 1. The van der Waals surface area contributed by atoms with Gasteiger partial charge < -0.3 is 4.74 Å². The van der Waals surface area contributed by atoms with E-state index in [-0.39, 0.29) is 10.7 Å². The first-order valence-corrected chi connectivity index (χ1v) is 7.16. The number of ether oxygens (including phenoxy) is 1. The van der Waals surface area contributed by atoms with Crippen LogP contribution in [0.25, 0.3) is 0 Å². The van der Waals surface area contributed by atoms with Crippen molar-refractivity contribution in [3.63, 3.8) is 0 Å². The summed E-state index contributed by atoms with van der Waals surface area (Å²) in [4.78, 5) is 4.38. The molecule has 0 saturated heterocycles. The molecule has 17 heavy (non-hydrogen) atoms. The van der Waals surface area contributed by atoms with E-state index in [1.807, 2.05) is 18.0 Å². The SMILES string of the molecule is CCCSC1C=C(C(C)(C)C)C=CN=C1OC. The summed E-state index contributed by atoms with van der Waals surface area (Å²) in [6, 6.07) is 0. The normalized spacial score (nSPS) is 20.6. The molecule has 0 aromatic carbocycles. The molecule has 1 aliphatic heterocycles. The fourth-order valence-corrected chi connectivity index (χ4v) is 2.62.